The molecule has 3 rings (SSSR count). The van der Waals surface area contributed by atoms with Crippen LogP contribution in [0.3, 0.4) is 0 Å². The molecule has 88 valence electrons. The molecule has 3 aromatic rings. The van der Waals surface area contributed by atoms with Gasteiger partial charge in [0.05, 0.1) is 0 Å². The predicted octanol–water partition coefficient (Wildman–Crippen LogP) is 3.42. The number of hydrogen-bond acceptors (Lipinski definition) is 4. The van der Waals surface area contributed by atoms with Gasteiger partial charge in [-0.05, 0) is 17.5 Å². The van der Waals surface area contributed by atoms with E-state index < -0.39 is 0 Å². The van der Waals surface area contributed by atoms with Crippen LogP contribution in [0.1, 0.15) is 0 Å². The molecule has 0 atom stereocenters. The van der Waals surface area contributed by atoms with Gasteiger partial charge in [-0.2, -0.15) is 0 Å². The first-order valence-corrected chi connectivity index (χ1v) is 5.78. The summed E-state index contributed by atoms with van der Waals surface area (Å²) < 4.78 is 0. The first kappa shape index (κ1) is 10.9. The van der Waals surface area contributed by atoms with Gasteiger partial charge in [0.25, 0.3) is 0 Å². The van der Waals surface area contributed by atoms with Crippen molar-refractivity contribution in [1.82, 2.24) is 15.0 Å². The highest BCUT2D eigenvalue weighted by atomic mass is 35.5. The zero-order valence-corrected chi connectivity index (χ0v) is 10.1. The largest absolute Gasteiger partial charge is 0.337 e. The Kier molecular flexibility index (Phi) is 2.78. The van der Waals surface area contributed by atoms with E-state index >= 15 is 0 Å². The van der Waals surface area contributed by atoms with E-state index in [2.05, 4.69) is 20.3 Å². The molecule has 0 aliphatic carbocycles. The van der Waals surface area contributed by atoms with E-state index in [9.17, 15) is 0 Å². The smallest absolute Gasteiger partial charge is 0.171 e. The third kappa shape index (κ3) is 1.98. The second-order valence-electron chi connectivity index (χ2n) is 3.72. The molecule has 18 heavy (non-hydrogen) atoms. The van der Waals surface area contributed by atoms with Crippen LogP contribution in [0.25, 0.3) is 10.8 Å². The molecule has 0 aliphatic heterocycles. The molecule has 1 aromatic carbocycles. The van der Waals surface area contributed by atoms with Crippen molar-refractivity contribution in [3.8, 4) is 0 Å². The highest BCUT2D eigenvalue weighted by Crippen LogP contribution is 2.26. The Labute approximate surface area is 109 Å². The summed E-state index contributed by atoms with van der Waals surface area (Å²) in [5.41, 5.74) is 0.906. The minimum absolute atomic E-state index is 0.346. The average molecular weight is 257 g/mol. The molecular formula is C13H9ClN4. The third-order valence-corrected chi connectivity index (χ3v) is 2.87. The van der Waals surface area contributed by atoms with Crippen LogP contribution in [0.5, 0.6) is 0 Å². The molecule has 0 saturated heterocycles. The molecule has 0 spiro atoms. The summed E-state index contributed by atoms with van der Waals surface area (Å²) >= 11 is 5.97. The van der Waals surface area contributed by atoms with Gasteiger partial charge in [-0.25, -0.2) is 9.97 Å². The second kappa shape index (κ2) is 4.58. The first-order valence-electron chi connectivity index (χ1n) is 5.41. The fourth-order valence-electron chi connectivity index (χ4n) is 1.75. The van der Waals surface area contributed by atoms with E-state index in [4.69, 9.17) is 11.6 Å². The van der Waals surface area contributed by atoms with Crippen LogP contribution < -0.4 is 5.32 Å². The minimum Gasteiger partial charge on any atom is -0.337 e. The van der Waals surface area contributed by atoms with Crippen LogP contribution >= 0.6 is 11.6 Å². The van der Waals surface area contributed by atoms with Gasteiger partial charge in [-0.1, -0.05) is 23.7 Å². The normalized spacial score (nSPS) is 10.5. The SMILES string of the molecule is Clc1nccnc1Nc1cccc2ccncc12. The van der Waals surface area contributed by atoms with Gasteiger partial charge in [0.1, 0.15) is 0 Å². The highest BCUT2D eigenvalue weighted by Gasteiger charge is 2.05. The quantitative estimate of drug-likeness (QED) is 0.763. The Bertz CT molecular complexity index is 694. The average Bonchev–Trinajstić information content (AvgIpc) is 2.42. The topological polar surface area (TPSA) is 50.7 Å². The number of halogens is 1. The van der Waals surface area contributed by atoms with Crippen molar-refractivity contribution < 1.29 is 0 Å². The Morgan fingerprint density at radius 1 is 1.00 bits per heavy atom. The number of pyridine rings is 1. The lowest BCUT2D eigenvalue weighted by Crippen LogP contribution is -1.96. The number of fused-ring (bicyclic) bond motifs is 1. The van der Waals surface area contributed by atoms with Crippen LogP contribution in [-0.2, 0) is 0 Å². The van der Waals surface area contributed by atoms with Crippen molar-refractivity contribution in [2.75, 3.05) is 5.32 Å². The van der Waals surface area contributed by atoms with Crippen molar-refractivity contribution >= 4 is 33.9 Å². The molecule has 2 aromatic heterocycles. The maximum atomic E-state index is 5.97. The maximum Gasteiger partial charge on any atom is 0.171 e. The van der Waals surface area contributed by atoms with E-state index in [0.717, 1.165) is 16.5 Å². The molecule has 1 N–H and O–H groups in total. The fourth-order valence-corrected chi connectivity index (χ4v) is 1.91. The molecule has 0 unspecified atom stereocenters. The van der Waals surface area contributed by atoms with Crippen molar-refractivity contribution in [1.29, 1.82) is 0 Å². The minimum atomic E-state index is 0.346. The Balaban J connectivity index is 2.08. The summed E-state index contributed by atoms with van der Waals surface area (Å²) in [6.45, 7) is 0. The number of rotatable bonds is 2. The number of hydrogen-bond donors (Lipinski definition) is 1. The van der Waals surface area contributed by atoms with Gasteiger partial charge in [0, 0.05) is 35.9 Å². The number of benzene rings is 1. The van der Waals surface area contributed by atoms with E-state index in [1.54, 1.807) is 18.6 Å². The molecular weight excluding hydrogens is 248 g/mol. The fraction of sp³-hybridized carbons (Fsp3) is 0. The lowest BCUT2D eigenvalue weighted by atomic mass is 10.1. The molecule has 0 fully saturated rings. The summed E-state index contributed by atoms with van der Waals surface area (Å²) in [7, 11) is 0. The number of aromatic nitrogens is 3. The van der Waals surface area contributed by atoms with Gasteiger partial charge >= 0.3 is 0 Å². The van der Waals surface area contributed by atoms with E-state index in [0.29, 0.717) is 11.0 Å². The van der Waals surface area contributed by atoms with Crippen LogP contribution in [-0.4, -0.2) is 15.0 Å². The van der Waals surface area contributed by atoms with Crippen molar-refractivity contribution in [3.63, 3.8) is 0 Å². The molecule has 0 aliphatic rings. The lowest BCUT2D eigenvalue weighted by Gasteiger charge is -2.09. The van der Waals surface area contributed by atoms with Crippen LogP contribution in [0.2, 0.25) is 5.15 Å². The molecule has 0 saturated carbocycles. The standard InChI is InChI=1S/C13H9ClN4/c14-12-13(17-7-6-16-12)18-11-3-1-2-9-4-5-15-8-10(9)11/h1-8H,(H,17,18). The molecule has 0 amide bonds. The van der Waals surface area contributed by atoms with Crippen molar-refractivity contribution in [2.45, 2.75) is 0 Å². The predicted molar refractivity (Wildman–Crippen MR) is 72.1 cm³/mol. The van der Waals surface area contributed by atoms with E-state index in [1.807, 2.05) is 30.5 Å². The number of nitrogens with zero attached hydrogens (tertiary/aromatic N) is 3. The molecule has 0 radical (unpaired) electrons. The Morgan fingerprint density at radius 3 is 2.78 bits per heavy atom. The van der Waals surface area contributed by atoms with Crippen molar-refractivity contribution in [3.05, 3.63) is 54.2 Å². The zero-order chi connectivity index (χ0) is 12.4. The number of nitrogens with one attached hydrogen (secondary N) is 1. The van der Waals surface area contributed by atoms with Gasteiger partial charge < -0.3 is 5.32 Å². The second-order valence-corrected chi connectivity index (χ2v) is 4.08. The van der Waals surface area contributed by atoms with Gasteiger partial charge in [0.2, 0.25) is 0 Å². The van der Waals surface area contributed by atoms with Gasteiger partial charge in [0.15, 0.2) is 11.0 Å². The highest BCUT2D eigenvalue weighted by molar-refractivity contribution is 6.31. The molecule has 2 heterocycles. The van der Waals surface area contributed by atoms with Crippen LogP contribution in [0, 0.1) is 0 Å². The van der Waals surface area contributed by atoms with Gasteiger partial charge in [-0.15, -0.1) is 0 Å². The zero-order valence-electron chi connectivity index (χ0n) is 9.34. The summed E-state index contributed by atoms with van der Waals surface area (Å²) in [6, 6.07) is 7.91. The van der Waals surface area contributed by atoms with Crippen LogP contribution in [0.4, 0.5) is 11.5 Å². The molecule has 4 nitrogen and oxygen atoms in total. The summed E-state index contributed by atoms with van der Waals surface area (Å²) in [4.78, 5) is 12.3. The molecule has 0 bridgehead atoms. The number of anilines is 2. The third-order valence-electron chi connectivity index (χ3n) is 2.59. The Hall–Kier alpha value is -2.20. The molecule has 5 heteroatoms. The van der Waals surface area contributed by atoms with E-state index in [1.165, 1.54) is 0 Å². The van der Waals surface area contributed by atoms with Crippen molar-refractivity contribution in [2.24, 2.45) is 0 Å². The lowest BCUT2D eigenvalue weighted by molar-refractivity contribution is 1.20. The van der Waals surface area contributed by atoms with Gasteiger partial charge in [-0.3, -0.25) is 4.98 Å². The monoisotopic (exact) mass is 256 g/mol. The maximum absolute atomic E-state index is 5.97. The van der Waals surface area contributed by atoms with Crippen LogP contribution in [0.15, 0.2) is 49.1 Å². The van der Waals surface area contributed by atoms with E-state index in [-0.39, 0.29) is 0 Å². The summed E-state index contributed by atoms with van der Waals surface area (Å²) in [5, 5.41) is 5.64. The summed E-state index contributed by atoms with van der Waals surface area (Å²) in [5.74, 6) is 0.538. The Morgan fingerprint density at radius 2 is 1.89 bits per heavy atom. The first-order chi connectivity index (χ1) is 8.84. The summed E-state index contributed by atoms with van der Waals surface area (Å²) in [6.07, 6.45) is 6.72.